The van der Waals surface area contributed by atoms with E-state index >= 15 is 0 Å². The Bertz CT molecular complexity index is 428. The highest BCUT2D eigenvalue weighted by molar-refractivity contribution is 9.11. The Morgan fingerprint density at radius 2 is 2.16 bits per heavy atom. The number of ether oxygens (including phenoxy) is 1. The van der Waals surface area contributed by atoms with Crippen LogP contribution in [0.1, 0.15) is 38.6 Å². The van der Waals surface area contributed by atoms with E-state index in [1.807, 2.05) is 39.8 Å². The van der Waals surface area contributed by atoms with Crippen LogP contribution in [-0.4, -0.2) is 34.9 Å². The molecule has 0 aliphatic carbocycles. The SMILES string of the molecule is CC(c1ccc(Br)s1)N(CCO)C(=O)OC(C)(C)C. The summed E-state index contributed by atoms with van der Waals surface area (Å²) in [7, 11) is 0. The predicted octanol–water partition coefficient (Wildman–Crippen LogP) is 3.80. The molecule has 1 N–H and O–H groups in total. The Hall–Kier alpha value is -0.590. The van der Waals surface area contributed by atoms with Gasteiger partial charge in [-0.15, -0.1) is 11.3 Å². The van der Waals surface area contributed by atoms with Crippen molar-refractivity contribution >= 4 is 33.4 Å². The Morgan fingerprint density at radius 3 is 2.58 bits per heavy atom. The predicted molar refractivity (Wildman–Crippen MR) is 80.5 cm³/mol. The van der Waals surface area contributed by atoms with Crippen molar-refractivity contribution < 1.29 is 14.6 Å². The van der Waals surface area contributed by atoms with E-state index in [1.54, 1.807) is 16.2 Å². The molecule has 0 spiro atoms. The molecule has 0 fully saturated rings. The van der Waals surface area contributed by atoms with Crippen LogP contribution in [0.3, 0.4) is 0 Å². The van der Waals surface area contributed by atoms with Gasteiger partial charge < -0.3 is 9.84 Å². The minimum atomic E-state index is -0.541. The molecule has 1 aromatic heterocycles. The standard InChI is InChI=1S/C13H20BrNO3S/c1-9(10-5-6-11(14)19-10)15(7-8-16)12(17)18-13(2,3)4/h5-6,9,16H,7-8H2,1-4H3. The third-order valence-electron chi connectivity index (χ3n) is 2.44. The molecule has 0 saturated carbocycles. The lowest BCUT2D eigenvalue weighted by molar-refractivity contribution is 0.0140. The number of amides is 1. The molecule has 0 aromatic carbocycles. The molecule has 108 valence electrons. The number of hydrogen-bond acceptors (Lipinski definition) is 4. The molecule has 19 heavy (non-hydrogen) atoms. The van der Waals surface area contributed by atoms with Gasteiger partial charge in [-0.2, -0.15) is 0 Å². The van der Waals surface area contributed by atoms with Gasteiger partial charge in [0.05, 0.1) is 16.4 Å². The first-order chi connectivity index (χ1) is 8.74. The van der Waals surface area contributed by atoms with Gasteiger partial charge in [0.1, 0.15) is 5.60 Å². The number of carbonyl (C=O) groups excluding carboxylic acids is 1. The van der Waals surface area contributed by atoms with Gasteiger partial charge in [0.2, 0.25) is 0 Å². The maximum absolute atomic E-state index is 12.2. The van der Waals surface area contributed by atoms with Gasteiger partial charge in [0.25, 0.3) is 0 Å². The van der Waals surface area contributed by atoms with Gasteiger partial charge in [-0.05, 0) is 55.8 Å². The highest BCUT2D eigenvalue weighted by Gasteiger charge is 2.27. The molecule has 1 atom stereocenters. The zero-order valence-corrected chi connectivity index (χ0v) is 14.0. The number of nitrogens with zero attached hydrogens (tertiary/aromatic N) is 1. The van der Waals surface area contributed by atoms with E-state index in [0.29, 0.717) is 0 Å². The molecule has 1 amide bonds. The van der Waals surface area contributed by atoms with E-state index in [2.05, 4.69) is 15.9 Å². The highest BCUT2D eigenvalue weighted by atomic mass is 79.9. The molecule has 1 heterocycles. The summed E-state index contributed by atoms with van der Waals surface area (Å²) in [4.78, 5) is 14.7. The quantitative estimate of drug-likeness (QED) is 0.899. The monoisotopic (exact) mass is 349 g/mol. The summed E-state index contributed by atoms with van der Waals surface area (Å²) in [6.07, 6.45) is -0.404. The van der Waals surface area contributed by atoms with Crippen molar-refractivity contribution in [3.63, 3.8) is 0 Å². The molecule has 0 aliphatic heterocycles. The number of hydrogen-bond donors (Lipinski definition) is 1. The third kappa shape index (κ3) is 5.12. The molecule has 1 aromatic rings. The van der Waals surface area contributed by atoms with Crippen molar-refractivity contribution in [2.45, 2.75) is 39.3 Å². The van der Waals surface area contributed by atoms with Crippen LogP contribution < -0.4 is 0 Å². The van der Waals surface area contributed by atoms with Crippen LogP contribution in [0.15, 0.2) is 15.9 Å². The maximum Gasteiger partial charge on any atom is 0.410 e. The lowest BCUT2D eigenvalue weighted by atomic mass is 10.2. The lowest BCUT2D eigenvalue weighted by Crippen LogP contribution is -2.39. The normalized spacial score (nSPS) is 13.2. The molecule has 1 unspecified atom stereocenters. The van der Waals surface area contributed by atoms with Crippen LogP contribution in [0.25, 0.3) is 0 Å². The molecule has 6 heteroatoms. The number of aliphatic hydroxyl groups is 1. The third-order valence-corrected chi connectivity index (χ3v) is 4.24. The van der Waals surface area contributed by atoms with Crippen molar-refractivity contribution in [1.82, 2.24) is 4.90 Å². The fourth-order valence-electron chi connectivity index (χ4n) is 1.58. The summed E-state index contributed by atoms with van der Waals surface area (Å²) in [6, 6.07) is 3.79. The smallest absolute Gasteiger partial charge is 0.410 e. The molecular formula is C13H20BrNO3S. The van der Waals surface area contributed by atoms with Gasteiger partial charge in [-0.25, -0.2) is 4.79 Å². The summed E-state index contributed by atoms with van der Waals surface area (Å²) < 4.78 is 6.39. The van der Waals surface area contributed by atoms with Crippen LogP contribution >= 0.6 is 27.3 Å². The van der Waals surface area contributed by atoms with Gasteiger partial charge in [-0.3, -0.25) is 4.90 Å². The van der Waals surface area contributed by atoms with Crippen molar-refractivity contribution in [1.29, 1.82) is 0 Å². The average molecular weight is 350 g/mol. The van der Waals surface area contributed by atoms with Crippen LogP contribution in [0.5, 0.6) is 0 Å². The topological polar surface area (TPSA) is 49.8 Å². The zero-order valence-electron chi connectivity index (χ0n) is 11.6. The number of carbonyl (C=O) groups is 1. The minimum absolute atomic E-state index is 0.0872. The lowest BCUT2D eigenvalue weighted by Gasteiger charge is -2.30. The van der Waals surface area contributed by atoms with E-state index in [0.717, 1.165) is 8.66 Å². The van der Waals surface area contributed by atoms with Crippen LogP contribution in [0.4, 0.5) is 4.79 Å². The summed E-state index contributed by atoms with van der Waals surface area (Å²) >= 11 is 4.98. The Kier molecular flexibility index (Phi) is 5.82. The largest absolute Gasteiger partial charge is 0.444 e. The van der Waals surface area contributed by atoms with E-state index in [1.165, 1.54) is 0 Å². The fraction of sp³-hybridized carbons (Fsp3) is 0.615. The second-order valence-electron chi connectivity index (χ2n) is 5.22. The fourth-order valence-corrected chi connectivity index (χ4v) is 3.07. The Morgan fingerprint density at radius 1 is 1.53 bits per heavy atom. The van der Waals surface area contributed by atoms with E-state index in [4.69, 9.17) is 9.84 Å². The minimum Gasteiger partial charge on any atom is -0.444 e. The molecule has 4 nitrogen and oxygen atoms in total. The van der Waals surface area contributed by atoms with Gasteiger partial charge in [-0.1, -0.05) is 0 Å². The zero-order chi connectivity index (χ0) is 14.6. The molecular weight excluding hydrogens is 330 g/mol. The number of rotatable bonds is 4. The average Bonchev–Trinajstić information content (AvgIpc) is 2.69. The van der Waals surface area contributed by atoms with Crippen molar-refractivity contribution in [3.8, 4) is 0 Å². The van der Waals surface area contributed by atoms with Crippen LogP contribution in [0, 0.1) is 0 Å². The van der Waals surface area contributed by atoms with E-state index < -0.39 is 11.7 Å². The van der Waals surface area contributed by atoms with Crippen molar-refractivity contribution in [2.24, 2.45) is 0 Å². The first kappa shape index (κ1) is 16.5. The van der Waals surface area contributed by atoms with Crippen molar-refractivity contribution in [3.05, 3.63) is 20.8 Å². The van der Waals surface area contributed by atoms with E-state index in [9.17, 15) is 4.79 Å². The first-order valence-corrected chi connectivity index (χ1v) is 7.71. The van der Waals surface area contributed by atoms with Crippen molar-refractivity contribution in [2.75, 3.05) is 13.2 Å². The first-order valence-electron chi connectivity index (χ1n) is 6.10. The van der Waals surface area contributed by atoms with Crippen LogP contribution in [-0.2, 0) is 4.74 Å². The maximum atomic E-state index is 12.2. The molecule has 1 rings (SSSR count). The number of thiophene rings is 1. The second-order valence-corrected chi connectivity index (χ2v) is 7.71. The summed E-state index contributed by atoms with van der Waals surface area (Å²) in [6.45, 7) is 7.58. The van der Waals surface area contributed by atoms with Gasteiger partial charge in [0, 0.05) is 11.4 Å². The second kappa shape index (κ2) is 6.72. The van der Waals surface area contributed by atoms with Crippen LogP contribution in [0.2, 0.25) is 0 Å². The summed E-state index contributed by atoms with van der Waals surface area (Å²) in [5.41, 5.74) is -0.541. The van der Waals surface area contributed by atoms with E-state index in [-0.39, 0.29) is 19.2 Å². The molecule has 0 aliphatic rings. The molecule has 0 radical (unpaired) electrons. The highest BCUT2D eigenvalue weighted by Crippen LogP contribution is 2.31. The van der Waals surface area contributed by atoms with Gasteiger partial charge in [0.15, 0.2) is 0 Å². The summed E-state index contributed by atoms with van der Waals surface area (Å²) in [5.74, 6) is 0. The molecule has 0 saturated heterocycles. The summed E-state index contributed by atoms with van der Waals surface area (Å²) in [5, 5.41) is 9.13. The Balaban J connectivity index is 2.84. The number of halogens is 1. The molecule has 0 bridgehead atoms. The van der Waals surface area contributed by atoms with Gasteiger partial charge >= 0.3 is 6.09 Å². The Labute approximate surface area is 126 Å². The number of aliphatic hydroxyl groups excluding tert-OH is 1.